The summed E-state index contributed by atoms with van der Waals surface area (Å²) in [6.07, 6.45) is 13.0. The molecule has 37 heavy (non-hydrogen) atoms. The molecule has 9 atom stereocenters. The number of fused-ring (bicyclic) bond motifs is 7. The summed E-state index contributed by atoms with van der Waals surface area (Å²) in [5.41, 5.74) is -0.816. The number of hydrogen-bond donors (Lipinski definition) is 1. The zero-order valence-corrected chi connectivity index (χ0v) is 22.9. The lowest BCUT2D eigenvalue weighted by atomic mass is 9.46. The highest BCUT2D eigenvalue weighted by Crippen LogP contribution is 2.70. The SMILES string of the molecule is CC(C)OCC(=O)C12OC(C3CCCCC3)OC1CC1C3CCC4=CC(=O)C=CC4(C)C3C(O)CC12C. The van der Waals surface area contributed by atoms with E-state index in [9.17, 15) is 14.7 Å². The van der Waals surface area contributed by atoms with Gasteiger partial charge in [0.1, 0.15) is 6.61 Å². The van der Waals surface area contributed by atoms with Crippen LogP contribution in [0.2, 0.25) is 0 Å². The minimum atomic E-state index is -1.09. The first-order valence-corrected chi connectivity index (χ1v) is 14.7. The maximum Gasteiger partial charge on any atom is 0.193 e. The zero-order valence-electron chi connectivity index (χ0n) is 22.9. The molecule has 1 saturated heterocycles. The third kappa shape index (κ3) is 3.72. The van der Waals surface area contributed by atoms with Gasteiger partial charge in [0.15, 0.2) is 23.5 Å². The van der Waals surface area contributed by atoms with Crippen LogP contribution in [0, 0.1) is 34.5 Å². The van der Waals surface area contributed by atoms with Crippen molar-refractivity contribution < 1.29 is 28.9 Å². The molecule has 0 spiro atoms. The molecule has 0 radical (unpaired) electrons. The van der Waals surface area contributed by atoms with Crippen LogP contribution in [0.4, 0.5) is 0 Å². The third-order valence-electron chi connectivity index (χ3n) is 11.3. The van der Waals surface area contributed by atoms with E-state index in [0.717, 1.165) is 37.7 Å². The number of rotatable bonds is 5. The number of ether oxygens (including phenoxy) is 3. The average Bonchev–Trinajstić information content (AvgIpc) is 3.36. The monoisotopic (exact) mass is 512 g/mol. The molecular weight excluding hydrogens is 468 g/mol. The minimum Gasteiger partial charge on any atom is -0.393 e. The molecule has 6 aliphatic rings. The van der Waals surface area contributed by atoms with Gasteiger partial charge in [0.25, 0.3) is 0 Å². The average molecular weight is 513 g/mol. The molecule has 0 bridgehead atoms. The first-order chi connectivity index (χ1) is 17.6. The van der Waals surface area contributed by atoms with Gasteiger partial charge in [0.05, 0.1) is 18.3 Å². The van der Waals surface area contributed by atoms with E-state index >= 15 is 0 Å². The first kappa shape index (κ1) is 25.9. The number of hydrogen-bond acceptors (Lipinski definition) is 6. The summed E-state index contributed by atoms with van der Waals surface area (Å²) in [5.74, 6) is 0.792. The van der Waals surface area contributed by atoms with Gasteiger partial charge in [0, 0.05) is 22.7 Å². The highest BCUT2D eigenvalue weighted by Gasteiger charge is 2.76. The molecule has 4 saturated carbocycles. The van der Waals surface area contributed by atoms with Crippen molar-refractivity contribution in [2.24, 2.45) is 34.5 Å². The van der Waals surface area contributed by atoms with Crippen LogP contribution in [0.1, 0.15) is 85.5 Å². The molecular formula is C31H44O6. The second-order valence-electron chi connectivity index (χ2n) is 13.5. The topological polar surface area (TPSA) is 82.1 Å². The first-order valence-electron chi connectivity index (χ1n) is 14.7. The van der Waals surface area contributed by atoms with Gasteiger partial charge in [-0.2, -0.15) is 0 Å². The van der Waals surface area contributed by atoms with Gasteiger partial charge in [-0.05, 0) is 76.4 Å². The Bertz CT molecular complexity index is 1010. The van der Waals surface area contributed by atoms with Crippen LogP contribution < -0.4 is 0 Å². The zero-order chi connectivity index (χ0) is 26.2. The van der Waals surface area contributed by atoms with Crippen molar-refractivity contribution >= 4 is 11.6 Å². The van der Waals surface area contributed by atoms with E-state index in [-0.39, 0.29) is 59.8 Å². The third-order valence-corrected chi connectivity index (χ3v) is 11.3. The van der Waals surface area contributed by atoms with E-state index in [1.165, 1.54) is 19.3 Å². The van der Waals surface area contributed by atoms with Crippen LogP contribution in [-0.4, -0.2) is 53.5 Å². The number of carbonyl (C=O) groups is 2. The molecule has 0 aromatic carbocycles. The Balaban J connectivity index is 1.36. The van der Waals surface area contributed by atoms with Crippen molar-refractivity contribution in [3.05, 3.63) is 23.8 Å². The summed E-state index contributed by atoms with van der Waals surface area (Å²) in [6.45, 7) is 8.28. The fourth-order valence-electron chi connectivity index (χ4n) is 9.56. The molecule has 0 amide bonds. The summed E-state index contributed by atoms with van der Waals surface area (Å²) in [5, 5.41) is 11.9. The largest absolute Gasteiger partial charge is 0.393 e. The Morgan fingerprint density at radius 1 is 1.19 bits per heavy atom. The van der Waals surface area contributed by atoms with Crippen LogP contribution in [0.3, 0.4) is 0 Å². The second kappa shape index (κ2) is 9.11. The van der Waals surface area contributed by atoms with Crippen molar-refractivity contribution in [1.29, 1.82) is 0 Å². The fraction of sp³-hybridized carbons (Fsp3) is 0.806. The van der Waals surface area contributed by atoms with Gasteiger partial charge < -0.3 is 19.3 Å². The highest BCUT2D eigenvalue weighted by atomic mass is 16.7. The van der Waals surface area contributed by atoms with Crippen LogP contribution in [0.25, 0.3) is 0 Å². The van der Waals surface area contributed by atoms with Gasteiger partial charge in [-0.15, -0.1) is 0 Å². The predicted molar refractivity (Wildman–Crippen MR) is 139 cm³/mol. The van der Waals surface area contributed by atoms with Gasteiger partial charge in [-0.3, -0.25) is 9.59 Å². The summed E-state index contributed by atoms with van der Waals surface area (Å²) in [4.78, 5) is 26.3. The standard InChI is InChI=1S/C31H44O6/c1-18(2)35-17-25(34)31-26(36-28(37-31)19-8-6-5-7-9-19)15-23-22-11-10-20-14-21(32)12-13-29(20,3)27(22)24(33)16-30(23,31)4/h12-14,18-19,22-24,26-28,33H,5-11,15-17H2,1-4H3. The van der Waals surface area contributed by atoms with Gasteiger partial charge in [-0.1, -0.05) is 44.8 Å². The van der Waals surface area contributed by atoms with Crippen LogP contribution >= 0.6 is 0 Å². The Hall–Kier alpha value is -1.34. The Labute approximate surface area is 221 Å². The lowest BCUT2D eigenvalue weighted by Gasteiger charge is -2.59. The maximum atomic E-state index is 14.2. The molecule has 5 aliphatic carbocycles. The Morgan fingerprint density at radius 3 is 2.68 bits per heavy atom. The van der Waals surface area contributed by atoms with Crippen molar-refractivity contribution in [3.63, 3.8) is 0 Å². The van der Waals surface area contributed by atoms with Crippen molar-refractivity contribution in [3.8, 4) is 0 Å². The van der Waals surface area contributed by atoms with E-state index in [0.29, 0.717) is 12.3 Å². The second-order valence-corrected chi connectivity index (χ2v) is 13.5. The van der Waals surface area contributed by atoms with Crippen LogP contribution in [0.15, 0.2) is 23.8 Å². The number of ketones is 2. The molecule has 9 unspecified atom stereocenters. The number of allylic oxidation sites excluding steroid dienone is 4. The Morgan fingerprint density at radius 2 is 1.95 bits per heavy atom. The van der Waals surface area contributed by atoms with Crippen LogP contribution in [-0.2, 0) is 23.8 Å². The molecule has 1 N–H and O–H groups in total. The number of aliphatic hydroxyl groups excluding tert-OH is 1. The highest BCUT2D eigenvalue weighted by molar-refractivity contribution is 6.01. The molecule has 1 aliphatic heterocycles. The Kier molecular flexibility index (Phi) is 6.38. The molecule has 5 fully saturated rings. The van der Waals surface area contributed by atoms with E-state index < -0.39 is 17.1 Å². The minimum absolute atomic E-state index is 0.0108. The van der Waals surface area contributed by atoms with E-state index in [1.807, 2.05) is 19.9 Å². The number of Topliss-reactive ketones (excluding diaryl/α,β-unsaturated/α-hetero) is 1. The summed E-state index contributed by atoms with van der Waals surface area (Å²) in [6, 6.07) is 0. The normalized spacial score (nSPS) is 47.3. The molecule has 1 heterocycles. The summed E-state index contributed by atoms with van der Waals surface area (Å²) in [7, 11) is 0. The van der Waals surface area contributed by atoms with Crippen molar-refractivity contribution in [1.82, 2.24) is 0 Å². The molecule has 6 rings (SSSR count). The summed E-state index contributed by atoms with van der Waals surface area (Å²) >= 11 is 0. The lowest BCUT2D eigenvalue weighted by molar-refractivity contribution is -0.210. The predicted octanol–water partition coefficient (Wildman–Crippen LogP) is 4.93. The lowest BCUT2D eigenvalue weighted by Crippen LogP contribution is -2.63. The van der Waals surface area contributed by atoms with Crippen molar-refractivity contribution in [2.45, 2.75) is 116 Å². The van der Waals surface area contributed by atoms with E-state index in [1.54, 1.807) is 12.2 Å². The van der Waals surface area contributed by atoms with Crippen molar-refractivity contribution in [2.75, 3.05) is 6.61 Å². The van der Waals surface area contributed by atoms with Gasteiger partial charge >= 0.3 is 0 Å². The molecule has 0 aromatic rings. The smallest absolute Gasteiger partial charge is 0.193 e. The van der Waals surface area contributed by atoms with Gasteiger partial charge in [-0.25, -0.2) is 0 Å². The number of carbonyl (C=O) groups excluding carboxylic acids is 2. The quantitative estimate of drug-likeness (QED) is 0.563. The maximum absolute atomic E-state index is 14.2. The van der Waals surface area contributed by atoms with Crippen LogP contribution in [0.5, 0.6) is 0 Å². The van der Waals surface area contributed by atoms with Gasteiger partial charge in [0.2, 0.25) is 0 Å². The molecule has 0 aromatic heterocycles. The van der Waals surface area contributed by atoms with E-state index in [2.05, 4.69) is 13.8 Å². The molecule has 6 nitrogen and oxygen atoms in total. The molecule has 6 heteroatoms. The number of aliphatic hydroxyl groups is 1. The molecule has 204 valence electrons. The van der Waals surface area contributed by atoms with E-state index in [4.69, 9.17) is 14.2 Å². The summed E-state index contributed by atoms with van der Waals surface area (Å²) < 4.78 is 19.5. The fourth-order valence-corrected chi connectivity index (χ4v) is 9.56.